The van der Waals surface area contributed by atoms with E-state index in [1.165, 1.54) is 18.5 Å². The number of amides is 1. The zero-order valence-electron chi connectivity index (χ0n) is 17.5. The van der Waals surface area contributed by atoms with Gasteiger partial charge in [0.15, 0.2) is 6.10 Å². The zero-order valence-corrected chi connectivity index (χ0v) is 18.3. The van der Waals surface area contributed by atoms with Gasteiger partial charge < -0.3 is 15.0 Å². The smallest absolute Gasteiger partial charge is 0.261 e. The van der Waals surface area contributed by atoms with Gasteiger partial charge in [0.25, 0.3) is 5.91 Å². The highest BCUT2D eigenvalue weighted by molar-refractivity contribution is 6.32. The lowest BCUT2D eigenvalue weighted by molar-refractivity contribution is -0.128. The Bertz CT molecular complexity index is 801. The van der Waals surface area contributed by atoms with Crippen LogP contribution in [0, 0.1) is 5.92 Å². The van der Waals surface area contributed by atoms with E-state index in [1.807, 2.05) is 26.0 Å². The molecule has 5 heteroatoms. The van der Waals surface area contributed by atoms with Crippen molar-refractivity contribution < 1.29 is 9.53 Å². The summed E-state index contributed by atoms with van der Waals surface area (Å²) in [7, 11) is 0. The first kappa shape index (κ1) is 21.5. The minimum atomic E-state index is -0.577. The molecule has 0 unspecified atom stereocenters. The van der Waals surface area contributed by atoms with Crippen LogP contribution in [0.2, 0.25) is 5.02 Å². The molecule has 3 rings (SSSR count). The minimum Gasteiger partial charge on any atom is -0.479 e. The molecule has 2 atom stereocenters. The number of benzene rings is 2. The largest absolute Gasteiger partial charge is 0.479 e. The summed E-state index contributed by atoms with van der Waals surface area (Å²) in [6.45, 7) is 8.48. The lowest BCUT2D eigenvalue weighted by Crippen LogP contribution is -2.39. The lowest BCUT2D eigenvalue weighted by atomic mass is 9.98. The Labute approximate surface area is 179 Å². The Morgan fingerprint density at radius 2 is 1.83 bits per heavy atom. The molecular formula is C24H31ClN2O2. The second-order valence-corrected chi connectivity index (χ2v) is 8.34. The molecule has 1 fully saturated rings. The Morgan fingerprint density at radius 3 is 2.45 bits per heavy atom. The van der Waals surface area contributed by atoms with E-state index >= 15 is 0 Å². The van der Waals surface area contributed by atoms with Crippen molar-refractivity contribution in [1.82, 2.24) is 5.32 Å². The molecular weight excluding hydrogens is 384 g/mol. The van der Waals surface area contributed by atoms with Crippen LogP contribution in [0.1, 0.15) is 51.6 Å². The van der Waals surface area contributed by atoms with Crippen LogP contribution in [-0.4, -0.2) is 25.1 Å². The zero-order chi connectivity index (χ0) is 20.8. The van der Waals surface area contributed by atoms with Gasteiger partial charge in [0.05, 0.1) is 11.1 Å². The summed E-state index contributed by atoms with van der Waals surface area (Å²) in [4.78, 5) is 15.2. The first-order valence-electron chi connectivity index (χ1n) is 10.5. The van der Waals surface area contributed by atoms with Crippen molar-refractivity contribution in [3.63, 3.8) is 0 Å². The Morgan fingerprint density at radius 1 is 1.17 bits per heavy atom. The van der Waals surface area contributed by atoms with Crippen molar-refractivity contribution in [2.45, 2.75) is 52.2 Å². The summed E-state index contributed by atoms with van der Waals surface area (Å²) in [6, 6.07) is 15.7. The molecule has 0 aromatic heterocycles. The van der Waals surface area contributed by atoms with Gasteiger partial charge in [-0.15, -0.1) is 0 Å². The number of hydrogen-bond donors (Lipinski definition) is 1. The monoisotopic (exact) mass is 414 g/mol. The van der Waals surface area contributed by atoms with Crippen LogP contribution in [0.3, 0.4) is 0 Å². The van der Waals surface area contributed by atoms with Gasteiger partial charge in [-0.05, 0) is 61.9 Å². The van der Waals surface area contributed by atoms with Crippen molar-refractivity contribution in [3.8, 4) is 5.75 Å². The first-order chi connectivity index (χ1) is 14.0. The average Bonchev–Trinajstić information content (AvgIpc) is 2.73. The van der Waals surface area contributed by atoms with Gasteiger partial charge in [0.2, 0.25) is 0 Å². The number of nitrogens with one attached hydrogen (secondary N) is 1. The summed E-state index contributed by atoms with van der Waals surface area (Å²) in [5, 5.41) is 3.58. The van der Waals surface area contributed by atoms with Crippen LogP contribution in [-0.2, 0) is 4.79 Å². The molecule has 1 aliphatic rings. The summed E-state index contributed by atoms with van der Waals surface area (Å²) >= 11 is 6.16. The van der Waals surface area contributed by atoms with E-state index in [0.29, 0.717) is 17.2 Å². The van der Waals surface area contributed by atoms with Crippen LogP contribution in [0.25, 0.3) is 0 Å². The predicted octanol–water partition coefficient (Wildman–Crippen LogP) is 5.61. The number of nitrogens with zero attached hydrogens (tertiary/aromatic N) is 1. The number of hydrogen-bond acceptors (Lipinski definition) is 3. The molecule has 1 heterocycles. The molecule has 29 heavy (non-hydrogen) atoms. The normalized spacial score (nSPS) is 16.9. The predicted molar refractivity (Wildman–Crippen MR) is 120 cm³/mol. The molecule has 2 aromatic carbocycles. The van der Waals surface area contributed by atoms with Gasteiger partial charge in [0.1, 0.15) is 5.75 Å². The summed E-state index contributed by atoms with van der Waals surface area (Å²) < 4.78 is 5.85. The molecule has 1 saturated heterocycles. The molecule has 0 radical (unpaired) electrons. The number of ether oxygens (including phenoxy) is 1. The van der Waals surface area contributed by atoms with Crippen LogP contribution < -0.4 is 15.0 Å². The van der Waals surface area contributed by atoms with Crippen LogP contribution in [0.15, 0.2) is 48.5 Å². The van der Waals surface area contributed by atoms with Crippen molar-refractivity contribution in [3.05, 3.63) is 59.1 Å². The molecule has 0 bridgehead atoms. The highest BCUT2D eigenvalue weighted by Gasteiger charge is 2.22. The standard InChI is InChI=1S/C24H31ClN2O2/c1-4-22(29-23-8-6-5-7-21(23)25)24(28)26-18(3)19-9-11-20(12-10-19)27-15-13-17(2)14-16-27/h5-12,17-18,22H,4,13-16H2,1-3H3,(H,26,28)/t18-,22+/m1/s1. The van der Waals surface area contributed by atoms with E-state index in [9.17, 15) is 4.79 Å². The highest BCUT2D eigenvalue weighted by Crippen LogP contribution is 2.26. The fourth-order valence-corrected chi connectivity index (χ4v) is 3.83. The van der Waals surface area contributed by atoms with Crippen molar-refractivity contribution >= 4 is 23.2 Å². The van der Waals surface area contributed by atoms with Gasteiger partial charge in [-0.25, -0.2) is 0 Å². The van der Waals surface area contributed by atoms with E-state index in [1.54, 1.807) is 12.1 Å². The van der Waals surface area contributed by atoms with Crippen molar-refractivity contribution in [2.75, 3.05) is 18.0 Å². The number of para-hydroxylation sites is 1. The number of rotatable bonds is 7. The van der Waals surface area contributed by atoms with Gasteiger partial charge in [-0.2, -0.15) is 0 Å². The average molecular weight is 415 g/mol. The molecule has 1 amide bonds. The molecule has 4 nitrogen and oxygen atoms in total. The van der Waals surface area contributed by atoms with Gasteiger partial charge in [-0.1, -0.05) is 49.7 Å². The Balaban J connectivity index is 1.59. The highest BCUT2D eigenvalue weighted by atomic mass is 35.5. The number of halogens is 1. The van der Waals surface area contributed by atoms with Crippen molar-refractivity contribution in [1.29, 1.82) is 0 Å². The van der Waals surface area contributed by atoms with Gasteiger partial charge >= 0.3 is 0 Å². The van der Waals surface area contributed by atoms with Gasteiger partial charge in [0, 0.05) is 18.8 Å². The summed E-state index contributed by atoms with van der Waals surface area (Å²) in [6.07, 6.45) is 2.48. The van der Waals surface area contributed by atoms with Gasteiger partial charge in [-0.3, -0.25) is 4.79 Å². The van der Waals surface area contributed by atoms with E-state index < -0.39 is 6.10 Å². The molecule has 1 N–H and O–H groups in total. The van der Waals surface area contributed by atoms with E-state index in [4.69, 9.17) is 16.3 Å². The maximum atomic E-state index is 12.7. The molecule has 156 valence electrons. The number of piperidine rings is 1. The quantitative estimate of drug-likeness (QED) is 0.640. The van der Waals surface area contributed by atoms with Crippen LogP contribution in [0.5, 0.6) is 5.75 Å². The fourth-order valence-electron chi connectivity index (χ4n) is 3.65. The SMILES string of the molecule is CC[C@H](Oc1ccccc1Cl)C(=O)N[C@H](C)c1ccc(N2CCC(C)CC2)cc1. The summed E-state index contributed by atoms with van der Waals surface area (Å²) in [5.41, 5.74) is 2.34. The molecule has 0 spiro atoms. The number of carbonyl (C=O) groups excluding carboxylic acids is 1. The fraction of sp³-hybridized carbons (Fsp3) is 0.458. The van der Waals surface area contributed by atoms with Crippen LogP contribution >= 0.6 is 11.6 Å². The molecule has 1 aliphatic heterocycles. The molecule has 2 aromatic rings. The maximum Gasteiger partial charge on any atom is 0.261 e. The van der Waals surface area contributed by atoms with E-state index in [2.05, 4.69) is 41.4 Å². The minimum absolute atomic E-state index is 0.0955. The topological polar surface area (TPSA) is 41.6 Å². The third kappa shape index (κ3) is 5.66. The second kappa shape index (κ2) is 10.0. The van der Waals surface area contributed by atoms with E-state index in [0.717, 1.165) is 24.6 Å². The lowest BCUT2D eigenvalue weighted by Gasteiger charge is -2.32. The first-order valence-corrected chi connectivity index (χ1v) is 10.9. The third-order valence-corrected chi connectivity index (χ3v) is 5.98. The number of anilines is 1. The second-order valence-electron chi connectivity index (χ2n) is 7.94. The Kier molecular flexibility index (Phi) is 7.43. The molecule has 0 aliphatic carbocycles. The van der Waals surface area contributed by atoms with Crippen LogP contribution in [0.4, 0.5) is 5.69 Å². The third-order valence-electron chi connectivity index (χ3n) is 5.67. The van der Waals surface area contributed by atoms with E-state index in [-0.39, 0.29) is 11.9 Å². The maximum absolute atomic E-state index is 12.7. The Hall–Kier alpha value is -2.20. The summed E-state index contributed by atoms with van der Waals surface area (Å²) in [5.74, 6) is 1.22. The van der Waals surface area contributed by atoms with Crippen molar-refractivity contribution in [2.24, 2.45) is 5.92 Å². The molecule has 0 saturated carbocycles. The number of carbonyl (C=O) groups is 1.